The summed E-state index contributed by atoms with van der Waals surface area (Å²) in [5, 5.41) is 8.96. The number of nitrogens with zero attached hydrogens (tertiary/aromatic N) is 2. The Bertz CT molecular complexity index is 366. The fraction of sp³-hybridized carbons (Fsp3) is 0.500. The van der Waals surface area contributed by atoms with Gasteiger partial charge in [-0.3, -0.25) is 4.90 Å². The van der Waals surface area contributed by atoms with Gasteiger partial charge in [0.05, 0.1) is 12.0 Å². The van der Waals surface area contributed by atoms with E-state index in [1.807, 2.05) is 6.07 Å². The van der Waals surface area contributed by atoms with Crippen molar-refractivity contribution in [1.82, 2.24) is 4.90 Å². The largest absolute Gasteiger partial charge is 0.299 e. The molecule has 0 spiro atoms. The van der Waals surface area contributed by atoms with Crippen LogP contribution in [-0.4, -0.2) is 24.0 Å². The lowest BCUT2D eigenvalue weighted by Gasteiger charge is -2.21. The lowest BCUT2D eigenvalue weighted by Crippen LogP contribution is -2.31. The van der Waals surface area contributed by atoms with Gasteiger partial charge in [0.25, 0.3) is 0 Å². The summed E-state index contributed by atoms with van der Waals surface area (Å²) in [7, 11) is 0. The second kappa shape index (κ2) is 5.14. The van der Waals surface area contributed by atoms with Crippen molar-refractivity contribution in [3.05, 3.63) is 35.9 Å². The molecule has 1 fully saturated rings. The van der Waals surface area contributed by atoms with E-state index in [1.54, 1.807) is 0 Å². The minimum atomic E-state index is 0.232. The van der Waals surface area contributed by atoms with Crippen LogP contribution in [0.5, 0.6) is 0 Å². The lowest BCUT2D eigenvalue weighted by molar-refractivity contribution is 0.259. The van der Waals surface area contributed by atoms with Crippen LogP contribution in [0.1, 0.15) is 18.9 Å². The quantitative estimate of drug-likeness (QED) is 0.773. The van der Waals surface area contributed by atoms with Gasteiger partial charge in [0.1, 0.15) is 0 Å². The van der Waals surface area contributed by atoms with Crippen molar-refractivity contribution < 1.29 is 0 Å². The van der Waals surface area contributed by atoms with Crippen molar-refractivity contribution in [3.63, 3.8) is 0 Å². The summed E-state index contributed by atoms with van der Waals surface area (Å²) in [6.07, 6.45) is 2.12. The van der Waals surface area contributed by atoms with E-state index in [9.17, 15) is 0 Å². The molecule has 1 saturated heterocycles. The van der Waals surface area contributed by atoms with E-state index in [0.717, 1.165) is 25.9 Å². The highest BCUT2D eigenvalue weighted by atomic mass is 15.2. The molecule has 0 amide bonds. The Morgan fingerprint density at radius 1 is 1.38 bits per heavy atom. The zero-order chi connectivity index (χ0) is 11.4. The summed E-state index contributed by atoms with van der Waals surface area (Å²) in [6, 6.07) is 13.4. The smallest absolute Gasteiger partial charge is 0.0672 e. The maximum absolute atomic E-state index is 8.96. The fourth-order valence-corrected chi connectivity index (χ4v) is 2.41. The number of rotatable bonds is 3. The molecule has 1 heterocycles. The highest BCUT2D eigenvalue weighted by Gasteiger charge is 2.29. The third-order valence-corrected chi connectivity index (χ3v) is 3.58. The third kappa shape index (κ3) is 2.43. The average Bonchev–Trinajstić information content (AvgIpc) is 2.69. The third-order valence-electron chi connectivity index (χ3n) is 3.58. The van der Waals surface area contributed by atoms with E-state index in [2.05, 4.69) is 42.2 Å². The zero-order valence-corrected chi connectivity index (χ0v) is 9.76. The predicted molar refractivity (Wildman–Crippen MR) is 64.9 cm³/mol. The average molecular weight is 214 g/mol. The van der Waals surface area contributed by atoms with Crippen molar-refractivity contribution in [2.75, 3.05) is 13.1 Å². The second-order valence-corrected chi connectivity index (χ2v) is 4.54. The van der Waals surface area contributed by atoms with Gasteiger partial charge in [-0.1, -0.05) is 30.3 Å². The van der Waals surface area contributed by atoms with Crippen molar-refractivity contribution >= 4 is 0 Å². The summed E-state index contributed by atoms with van der Waals surface area (Å²) in [4.78, 5) is 2.43. The molecule has 0 bridgehead atoms. The highest BCUT2D eigenvalue weighted by molar-refractivity contribution is 5.15. The molecular formula is C14H18N2. The molecule has 2 atom stereocenters. The molecule has 0 aliphatic carbocycles. The summed E-state index contributed by atoms with van der Waals surface area (Å²) >= 11 is 0. The Kier molecular flexibility index (Phi) is 3.58. The summed E-state index contributed by atoms with van der Waals surface area (Å²) in [5.74, 6) is 0.232. The minimum absolute atomic E-state index is 0.232. The molecule has 2 nitrogen and oxygen atoms in total. The van der Waals surface area contributed by atoms with E-state index in [4.69, 9.17) is 5.26 Å². The van der Waals surface area contributed by atoms with Crippen LogP contribution in [0.15, 0.2) is 30.3 Å². The van der Waals surface area contributed by atoms with E-state index in [0.29, 0.717) is 6.04 Å². The summed E-state index contributed by atoms with van der Waals surface area (Å²) < 4.78 is 0. The topological polar surface area (TPSA) is 27.0 Å². The van der Waals surface area contributed by atoms with E-state index in [1.165, 1.54) is 5.56 Å². The molecule has 2 rings (SSSR count). The molecule has 0 N–H and O–H groups in total. The Morgan fingerprint density at radius 3 is 2.75 bits per heavy atom. The van der Waals surface area contributed by atoms with Crippen molar-refractivity contribution in [2.45, 2.75) is 25.8 Å². The van der Waals surface area contributed by atoms with Crippen LogP contribution in [0, 0.1) is 17.2 Å². The van der Waals surface area contributed by atoms with Crippen LogP contribution >= 0.6 is 0 Å². The fourth-order valence-electron chi connectivity index (χ4n) is 2.41. The Morgan fingerprint density at radius 2 is 2.12 bits per heavy atom. The molecular weight excluding hydrogens is 196 g/mol. The minimum Gasteiger partial charge on any atom is -0.299 e. The molecule has 0 radical (unpaired) electrons. The van der Waals surface area contributed by atoms with Crippen molar-refractivity contribution in [1.29, 1.82) is 5.26 Å². The van der Waals surface area contributed by atoms with E-state index in [-0.39, 0.29) is 5.92 Å². The lowest BCUT2D eigenvalue weighted by atomic mass is 10.0. The van der Waals surface area contributed by atoms with Crippen LogP contribution in [-0.2, 0) is 6.42 Å². The van der Waals surface area contributed by atoms with Crippen LogP contribution in [0.3, 0.4) is 0 Å². The zero-order valence-electron chi connectivity index (χ0n) is 9.76. The summed E-state index contributed by atoms with van der Waals surface area (Å²) in [6.45, 7) is 4.32. The molecule has 0 aromatic heterocycles. The maximum Gasteiger partial charge on any atom is 0.0672 e. The first-order chi connectivity index (χ1) is 7.81. The van der Waals surface area contributed by atoms with Crippen LogP contribution in [0.25, 0.3) is 0 Å². The molecule has 2 unspecified atom stereocenters. The second-order valence-electron chi connectivity index (χ2n) is 4.54. The number of likely N-dealkylation sites (tertiary alicyclic amines) is 1. The molecule has 84 valence electrons. The molecule has 1 aromatic carbocycles. The van der Waals surface area contributed by atoms with Gasteiger partial charge >= 0.3 is 0 Å². The number of benzene rings is 1. The standard InChI is InChI=1S/C14H18N2/c1-12-14(11-15)8-10-16(12)9-7-13-5-3-2-4-6-13/h2-6,12,14H,7-10H2,1H3. The monoisotopic (exact) mass is 214 g/mol. The van der Waals surface area contributed by atoms with Gasteiger partial charge in [-0.2, -0.15) is 5.26 Å². The Hall–Kier alpha value is -1.33. The van der Waals surface area contributed by atoms with Crippen molar-refractivity contribution in [3.8, 4) is 6.07 Å². The van der Waals surface area contributed by atoms with Gasteiger partial charge in [0.15, 0.2) is 0 Å². The molecule has 1 aromatic rings. The molecule has 0 saturated carbocycles. The number of hydrogen-bond donors (Lipinski definition) is 0. The van der Waals surface area contributed by atoms with E-state index >= 15 is 0 Å². The van der Waals surface area contributed by atoms with Gasteiger partial charge < -0.3 is 0 Å². The Balaban J connectivity index is 1.86. The van der Waals surface area contributed by atoms with Gasteiger partial charge in [0, 0.05) is 12.6 Å². The van der Waals surface area contributed by atoms with Gasteiger partial charge in [-0.15, -0.1) is 0 Å². The van der Waals surface area contributed by atoms with Crippen molar-refractivity contribution in [2.24, 2.45) is 5.92 Å². The van der Waals surface area contributed by atoms with Crippen LogP contribution < -0.4 is 0 Å². The van der Waals surface area contributed by atoms with Crippen LogP contribution in [0.2, 0.25) is 0 Å². The normalized spacial score (nSPS) is 25.5. The van der Waals surface area contributed by atoms with E-state index < -0.39 is 0 Å². The molecule has 2 heteroatoms. The molecule has 16 heavy (non-hydrogen) atoms. The summed E-state index contributed by atoms with van der Waals surface area (Å²) in [5.41, 5.74) is 1.38. The first-order valence-electron chi connectivity index (χ1n) is 5.99. The van der Waals surface area contributed by atoms with Gasteiger partial charge in [-0.25, -0.2) is 0 Å². The van der Waals surface area contributed by atoms with Gasteiger partial charge in [0.2, 0.25) is 0 Å². The number of nitriles is 1. The first-order valence-corrected chi connectivity index (χ1v) is 5.99. The predicted octanol–water partition coefficient (Wildman–Crippen LogP) is 2.46. The maximum atomic E-state index is 8.96. The first kappa shape index (κ1) is 11.2. The van der Waals surface area contributed by atoms with Gasteiger partial charge in [-0.05, 0) is 31.9 Å². The number of hydrogen-bond acceptors (Lipinski definition) is 2. The molecule has 1 aliphatic rings. The highest BCUT2D eigenvalue weighted by Crippen LogP contribution is 2.23. The Labute approximate surface area is 97.5 Å². The molecule has 1 aliphatic heterocycles. The SMILES string of the molecule is CC1C(C#N)CCN1CCc1ccccc1. The van der Waals surface area contributed by atoms with Crippen LogP contribution in [0.4, 0.5) is 0 Å².